The molecule has 0 saturated heterocycles. The first-order valence-corrected chi connectivity index (χ1v) is 5.56. The van der Waals surface area contributed by atoms with E-state index in [1.54, 1.807) is 0 Å². The third kappa shape index (κ3) is 1.89. The zero-order valence-corrected chi connectivity index (χ0v) is 9.06. The molecule has 2 rings (SSSR count). The van der Waals surface area contributed by atoms with Gasteiger partial charge >= 0.3 is 0 Å². The molecule has 1 fully saturated rings. The van der Waals surface area contributed by atoms with Crippen LogP contribution < -0.4 is 5.73 Å². The molecule has 0 bridgehead atoms. The number of rotatable bonds is 5. The van der Waals surface area contributed by atoms with Crippen molar-refractivity contribution in [3.63, 3.8) is 0 Å². The van der Waals surface area contributed by atoms with E-state index in [0.717, 1.165) is 17.8 Å². The highest BCUT2D eigenvalue weighted by Crippen LogP contribution is 2.42. The molecule has 0 aromatic carbocycles. The van der Waals surface area contributed by atoms with Crippen LogP contribution in [0.25, 0.3) is 0 Å². The first-order chi connectivity index (χ1) is 7.31. The van der Waals surface area contributed by atoms with Gasteiger partial charge in [-0.25, -0.2) is 4.68 Å². The van der Waals surface area contributed by atoms with Crippen LogP contribution in [0.15, 0.2) is 0 Å². The van der Waals surface area contributed by atoms with Crippen molar-refractivity contribution in [1.82, 2.24) is 15.0 Å². The summed E-state index contributed by atoms with van der Waals surface area (Å²) >= 11 is 0. The Labute approximate surface area is 89.3 Å². The summed E-state index contributed by atoms with van der Waals surface area (Å²) in [6.45, 7) is 2.60. The first kappa shape index (κ1) is 10.6. The standard InChI is InChI=1S/C10H18N4O/c1-2-8(6-15)14-10(7-3-4-7)9(5-11)12-13-14/h7-8,15H,2-6,11H2,1H3. The Morgan fingerprint density at radius 3 is 2.80 bits per heavy atom. The molecule has 1 aliphatic rings. The van der Waals surface area contributed by atoms with Crippen LogP contribution in [0.1, 0.15) is 49.5 Å². The molecule has 0 radical (unpaired) electrons. The third-order valence-electron chi connectivity index (χ3n) is 2.99. The van der Waals surface area contributed by atoms with Crippen LogP contribution in [0.5, 0.6) is 0 Å². The summed E-state index contributed by atoms with van der Waals surface area (Å²) in [6, 6.07) is 0.0494. The minimum Gasteiger partial charge on any atom is -0.394 e. The van der Waals surface area contributed by atoms with Gasteiger partial charge in [0.2, 0.25) is 0 Å². The van der Waals surface area contributed by atoms with Crippen molar-refractivity contribution in [2.24, 2.45) is 5.73 Å². The van der Waals surface area contributed by atoms with Gasteiger partial charge in [-0.15, -0.1) is 5.10 Å². The van der Waals surface area contributed by atoms with Crippen molar-refractivity contribution < 1.29 is 5.11 Å². The van der Waals surface area contributed by atoms with Crippen molar-refractivity contribution in [2.75, 3.05) is 6.61 Å². The van der Waals surface area contributed by atoms with Gasteiger partial charge in [0.05, 0.1) is 24.0 Å². The molecular weight excluding hydrogens is 192 g/mol. The second-order valence-corrected chi connectivity index (χ2v) is 4.09. The Balaban J connectivity index is 2.32. The monoisotopic (exact) mass is 210 g/mol. The molecule has 1 aromatic rings. The van der Waals surface area contributed by atoms with Crippen LogP contribution in [-0.4, -0.2) is 26.7 Å². The van der Waals surface area contributed by atoms with Gasteiger partial charge in [-0.1, -0.05) is 12.1 Å². The largest absolute Gasteiger partial charge is 0.394 e. The molecule has 0 aliphatic heterocycles. The Morgan fingerprint density at radius 2 is 2.33 bits per heavy atom. The maximum absolute atomic E-state index is 9.27. The fraction of sp³-hybridized carbons (Fsp3) is 0.800. The van der Waals surface area contributed by atoms with Gasteiger partial charge in [0.1, 0.15) is 0 Å². The normalized spacial score (nSPS) is 18.1. The van der Waals surface area contributed by atoms with E-state index < -0.39 is 0 Å². The maximum atomic E-state index is 9.27. The molecule has 0 spiro atoms. The van der Waals surface area contributed by atoms with Crippen molar-refractivity contribution in [1.29, 1.82) is 0 Å². The van der Waals surface area contributed by atoms with Crippen molar-refractivity contribution in [2.45, 2.75) is 44.7 Å². The van der Waals surface area contributed by atoms with E-state index in [-0.39, 0.29) is 12.6 Å². The third-order valence-corrected chi connectivity index (χ3v) is 2.99. The molecule has 3 N–H and O–H groups in total. The average Bonchev–Trinajstić information content (AvgIpc) is 3.01. The summed E-state index contributed by atoms with van der Waals surface area (Å²) in [7, 11) is 0. The number of aromatic nitrogens is 3. The van der Waals surface area contributed by atoms with Gasteiger partial charge in [0.25, 0.3) is 0 Å². The summed E-state index contributed by atoms with van der Waals surface area (Å²) in [5, 5.41) is 17.5. The van der Waals surface area contributed by atoms with Crippen molar-refractivity contribution >= 4 is 0 Å². The zero-order chi connectivity index (χ0) is 10.8. The Hall–Kier alpha value is -0.940. The van der Waals surface area contributed by atoms with Gasteiger partial charge in [-0.2, -0.15) is 0 Å². The number of nitrogens with two attached hydrogens (primary N) is 1. The van der Waals surface area contributed by atoms with Gasteiger partial charge in [0.15, 0.2) is 0 Å². The number of aliphatic hydroxyl groups is 1. The fourth-order valence-electron chi connectivity index (χ4n) is 1.91. The van der Waals surface area contributed by atoms with E-state index in [2.05, 4.69) is 10.3 Å². The average molecular weight is 210 g/mol. The SMILES string of the molecule is CCC(CO)n1nnc(CN)c1C1CC1. The van der Waals surface area contributed by atoms with Gasteiger partial charge in [-0.05, 0) is 19.3 Å². The van der Waals surface area contributed by atoms with Crippen molar-refractivity contribution in [3.8, 4) is 0 Å². The lowest BCUT2D eigenvalue weighted by atomic mass is 10.2. The highest BCUT2D eigenvalue weighted by molar-refractivity contribution is 5.20. The van der Waals surface area contributed by atoms with E-state index in [4.69, 9.17) is 5.73 Å². The smallest absolute Gasteiger partial charge is 0.0997 e. The van der Waals surface area contributed by atoms with Crippen LogP contribution >= 0.6 is 0 Å². The summed E-state index contributed by atoms with van der Waals surface area (Å²) in [5.41, 5.74) is 7.68. The maximum Gasteiger partial charge on any atom is 0.0997 e. The van der Waals surface area contributed by atoms with Gasteiger partial charge in [0, 0.05) is 12.5 Å². The summed E-state index contributed by atoms with van der Waals surface area (Å²) in [6.07, 6.45) is 3.26. The minimum atomic E-state index is 0.0494. The first-order valence-electron chi connectivity index (χ1n) is 5.56. The van der Waals surface area contributed by atoms with Crippen LogP contribution in [-0.2, 0) is 6.54 Å². The van der Waals surface area contributed by atoms with Crippen molar-refractivity contribution in [3.05, 3.63) is 11.4 Å². The summed E-state index contributed by atoms with van der Waals surface area (Å²) in [4.78, 5) is 0. The lowest BCUT2D eigenvalue weighted by molar-refractivity contribution is 0.210. The summed E-state index contributed by atoms with van der Waals surface area (Å²) in [5.74, 6) is 0.569. The summed E-state index contributed by atoms with van der Waals surface area (Å²) < 4.78 is 1.87. The lowest BCUT2D eigenvalue weighted by Crippen LogP contribution is -2.17. The van der Waals surface area contributed by atoms with Crippen LogP contribution in [0.3, 0.4) is 0 Å². The highest BCUT2D eigenvalue weighted by atomic mass is 16.3. The molecule has 84 valence electrons. The number of hydrogen-bond donors (Lipinski definition) is 2. The second kappa shape index (κ2) is 4.28. The predicted octanol–water partition coefficient (Wildman–Crippen LogP) is 0.558. The molecule has 1 unspecified atom stereocenters. The molecule has 0 amide bonds. The van der Waals surface area contributed by atoms with Gasteiger partial charge < -0.3 is 10.8 Å². The van der Waals surface area contributed by atoms with Crippen LogP contribution in [0, 0.1) is 0 Å². The number of nitrogens with zero attached hydrogens (tertiary/aromatic N) is 3. The Kier molecular flexibility index (Phi) is 3.02. The second-order valence-electron chi connectivity index (χ2n) is 4.09. The fourth-order valence-corrected chi connectivity index (χ4v) is 1.91. The Morgan fingerprint density at radius 1 is 1.60 bits per heavy atom. The number of aliphatic hydroxyl groups excluding tert-OH is 1. The molecule has 1 saturated carbocycles. The molecular formula is C10H18N4O. The van der Waals surface area contributed by atoms with Crippen LogP contribution in [0.4, 0.5) is 0 Å². The molecule has 1 heterocycles. The number of hydrogen-bond acceptors (Lipinski definition) is 4. The molecule has 5 nitrogen and oxygen atoms in total. The molecule has 1 aromatic heterocycles. The van der Waals surface area contributed by atoms with E-state index in [9.17, 15) is 5.11 Å². The topological polar surface area (TPSA) is 77.0 Å². The van der Waals surface area contributed by atoms with Crippen LogP contribution in [0.2, 0.25) is 0 Å². The molecule has 15 heavy (non-hydrogen) atoms. The lowest BCUT2D eigenvalue weighted by Gasteiger charge is -2.15. The quantitative estimate of drug-likeness (QED) is 0.744. The van der Waals surface area contributed by atoms with E-state index in [1.165, 1.54) is 12.8 Å². The molecule has 5 heteroatoms. The Bertz CT molecular complexity index is 328. The molecule has 1 atom stereocenters. The zero-order valence-electron chi connectivity index (χ0n) is 9.06. The van der Waals surface area contributed by atoms with E-state index in [1.807, 2.05) is 11.6 Å². The minimum absolute atomic E-state index is 0.0494. The van der Waals surface area contributed by atoms with E-state index in [0.29, 0.717) is 12.5 Å². The predicted molar refractivity (Wildman–Crippen MR) is 56.3 cm³/mol. The highest BCUT2D eigenvalue weighted by Gasteiger charge is 2.32. The molecule has 1 aliphatic carbocycles. The van der Waals surface area contributed by atoms with Gasteiger partial charge in [-0.3, -0.25) is 0 Å². The van der Waals surface area contributed by atoms with E-state index >= 15 is 0 Å².